The second-order valence-corrected chi connectivity index (χ2v) is 6.58. The van der Waals surface area contributed by atoms with E-state index >= 15 is 0 Å². The van der Waals surface area contributed by atoms with E-state index in [1.807, 2.05) is 18.2 Å². The minimum Gasteiger partial charge on any atom is -0.385 e. The molecule has 0 heterocycles. The van der Waals surface area contributed by atoms with Crippen molar-refractivity contribution in [2.75, 3.05) is 23.9 Å². The van der Waals surface area contributed by atoms with Crippen molar-refractivity contribution in [2.24, 2.45) is 0 Å². The zero-order chi connectivity index (χ0) is 12.7. The third kappa shape index (κ3) is 5.73. The van der Waals surface area contributed by atoms with Crippen LogP contribution in [-0.4, -0.2) is 27.0 Å². The van der Waals surface area contributed by atoms with E-state index in [1.165, 1.54) is 11.8 Å². The minimum atomic E-state index is -2.84. The molecule has 0 radical (unpaired) electrons. The normalized spacial score (nSPS) is 11.4. The van der Waals surface area contributed by atoms with Gasteiger partial charge >= 0.3 is 0 Å². The lowest BCUT2D eigenvalue weighted by atomic mass is 10.1. The third-order valence-corrected chi connectivity index (χ3v) is 3.57. The van der Waals surface area contributed by atoms with Crippen molar-refractivity contribution < 1.29 is 8.42 Å². The summed E-state index contributed by atoms with van der Waals surface area (Å²) in [6.07, 6.45) is 4.09. The van der Waals surface area contributed by atoms with Gasteiger partial charge in [0.2, 0.25) is 0 Å². The number of hydrogen-bond donors (Lipinski definition) is 1. The summed E-state index contributed by atoms with van der Waals surface area (Å²) in [4.78, 5) is 0. The SMILES string of the molecule is CCCc1ccccc1NCCCS(C)(=O)=O. The number of para-hydroxylation sites is 1. The molecule has 0 atom stereocenters. The van der Waals surface area contributed by atoms with Crippen LogP contribution < -0.4 is 5.32 Å². The molecule has 0 aliphatic heterocycles. The van der Waals surface area contributed by atoms with Crippen molar-refractivity contribution >= 4 is 15.5 Å². The van der Waals surface area contributed by atoms with Gasteiger partial charge < -0.3 is 5.32 Å². The van der Waals surface area contributed by atoms with Gasteiger partial charge in [-0.1, -0.05) is 31.5 Å². The smallest absolute Gasteiger partial charge is 0.147 e. The Morgan fingerprint density at radius 3 is 2.59 bits per heavy atom. The predicted octanol–water partition coefficient (Wildman–Crippen LogP) is 2.49. The number of benzene rings is 1. The molecule has 0 amide bonds. The van der Waals surface area contributed by atoms with Gasteiger partial charge in [0.15, 0.2) is 0 Å². The first-order valence-corrected chi connectivity index (χ1v) is 8.08. The van der Waals surface area contributed by atoms with E-state index in [2.05, 4.69) is 18.3 Å². The number of aryl methyl sites for hydroxylation is 1. The molecule has 1 aromatic carbocycles. The molecule has 0 spiro atoms. The Balaban J connectivity index is 2.46. The highest BCUT2D eigenvalue weighted by Gasteiger charge is 2.03. The predicted molar refractivity (Wildman–Crippen MR) is 73.3 cm³/mol. The lowest BCUT2D eigenvalue weighted by Gasteiger charge is -2.11. The lowest BCUT2D eigenvalue weighted by Crippen LogP contribution is -2.10. The number of anilines is 1. The number of rotatable bonds is 7. The van der Waals surface area contributed by atoms with Crippen LogP contribution in [0.3, 0.4) is 0 Å². The highest BCUT2D eigenvalue weighted by Crippen LogP contribution is 2.16. The van der Waals surface area contributed by atoms with Crippen LogP contribution in [0.4, 0.5) is 5.69 Å². The van der Waals surface area contributed by atoms with E-state index in [0.29, 0.717) is 13.0 Å². The highest BCUT2D eigenvalue weighted by atomic mass is 32.2. The standard InChI is InChI=1S/C13H21NO2S/c1-3-7-12-8-4-5-9-13(12)14-10-6-11-17(2,15)16/h4-5,8-9,14H,3,6-7,10-11H2,1-2H3. The fourth-order valence-electron chi connectivity index (χ4n) is 1.74. The molecule has 1 aromatic rings. The molecule has 0 aliphatic carbocycles. The van der Waals surface area contributed by atoms with Gasteiger partial charge in [-0.15, -0.1) is 0 Å². The molecule has 4 heteroatoms. The van der Waals surface area contributed by atoms with Crippen molar-refractivity contribution in [1.82, 2.24) is 0 Å². The van der Waals surface area contributed by atoms with E-state index in [1.54, 1.807) is 0 Å². The van der Waals surface area contributed by atoms with Crippen LogP contribution in [0.2, 0.25) is 0 Å². The molecule has 0 aromatic heterocycles. The fourth-order valence-corrected chi connectivity index (χ4v) is 2.41. The summed E-state index contributed by atoms with van der Waals surface area (Å²) in [6.45, 7) is 2.86. The van der Waals surface area contributed by atoms with Crippen molar-refractivity contribution in [3.05, 3.63) is 29.8 Å². The monoisotopic (exact) mass is 255 g/mol. The van der Waals surface area contributed by atoms with Gasteiger partial charge in [-0.05, 0) is 24.5 Å². The third-order valence-electron chi connectivity index (χ3n) is 2.54. The Hall–Kier alpha value is -1.03. The van der Waals surface area contributed by atoms with E-state index in [4.69, 9.17) is 0 Å². The number of sulfone groups is 1. The molecule has 0 saturated heterocycles. The summed E-state index contributed by atoms with van der Waals surface area (Å²) in [7, 11) is -2.84. The van der Waals surface area contributed by atoms with Crippen molar-refractivity contribution in [3.8, 4) is 0 Å². The Morgan fingerprint density at radius 2 is 1.94 bits per heavy atom. The topological polar surface area (TPSA) is 46.2 Å². The van der Waals surface area contributed by atoms with Crippen molar-refractivity contribution in [2.45, 2.75) is 26.2 Å². The Morgan fingerprint density at radius 1 is 1.24 bits per heavy atom. The average Bonchev–Trinajstić information content (AvgIpc) is 2.25. The maximum absolute atomic E-state index is 11.0. The van der Waals surface area contributed by atoms with Crippen LogP contribution in [-0.2, 0) is 16.3 Å². The maximum atomic E-state index is 11.0. The summed E-state index contributed by atoms with van der Waals surface area (Å²) < 4.78 is 22.0. The van der Waals surface area contributed by atoms with Gasteiger partial charge in [-0.3, -0.25) is 0 Å². The molecule has 96 valence electrons. The average molecular weight is 255 g/mol. The van der Waals surface area contributed by atoms with E-state index < -0.39 is 9.84 Å². The molecule has 17 heavy (non-hydrogen) atoms. The fraction of sp³-hybridized carbons (Fsp3) is 0.538. The van der Waals surface area contributed by atoms with Gasteiger partial charge in [-0.25, -0.2) is 8.42 Å². The maximum Gasteiger partial charge on any atom is 0.147 e. The van der Waals surface area contributed by atoms with Crippen molar-refractivity contribution in [3.63, 3.8) is 0 Å². The van der Waals surface area contributed by atoms with Gasteiger partial charge in [0.05, 0.1) is 5.75 Å². The molecule has 0 aliphatic rings. The first kappa shape index (κ1) is 14.0. The van der Waals surface area contributed by atoms with Gasteiger partial charge in [0.1, 0.15) is 9.84 Å². The first-order chi connectivity index (χ1) is 8.03. The summed E-state index contributed by atoms with van der Waals surface area (Å²) in [5.74, 6) is 0.246. The molecule has 1 N–H and O–H groups in total. The van der Waals surface area contributed by atoms with Crippen LogP contribution in [0.25, 0.3) is 0 Å². The van der Waals surface area contributed by atoms with Gasteiger partial charge in [0.25, 0.3) is 0 Å². The second kappa shape index (κ2) is 6.64. The molecular formula is C13H21NO2S. The summed E-state index contributed by atoms with van der Waals surface area (Å²) in [5, 5.41) is 3.31. The molecule has 1 rings (SSSR count). The van der Waals surface area contributed by atoms with Crippen LogP contribution in [0, 0.1) is 0 Å². The molecule has 0 bridgehead atoms. The van der Waals surface area contributed by atoms with E-state index in [-0.39, 0.29) is 5.75 Å². The largest absolute Gasteiger partial charge is 0.385 e. The molecule has 3 nitrogen and oxygen atoms in total. The molecule has 0 fully saturated rings. The minimum absolute atomic E-state index is 0.246. The molecule has 0 saturated carbocycles. The summed E-state index contributed by atoms with van der Waals surface area (Å²) in [6, 6.07) is 8.19. The van der Waals surface area contributed by atoms with Crippen molar-refractivity contribution in [1.29, 1.82) is 0 Å². The Labute approximate surface area is 104 Å². The quantitative estimate of drug-likeness (QED) is 0.761. The zero-order valence-electron chi connectivity index (χ0n) is 10.6. The lowest BCUT2D eigenvalue weighted by molar-refractivity contribution is 0.600. The summed E-state index contributed by atoms with van der Waals surface area (Å²) in [5.41, 5.74) is 2.43. The van der Waals surface area contributed by atoms with Gasteiger partial charge in [0, 0.05) is 18.5 Å². The second-order valence-electron chi connectivity index (χ2n) is 4.32. The van der Waals surface area contributed by atoms with Crippen LogP contribution in [0.1, 0.15) is 25.3 Å². The molecule has 0 unspecified atom stereocenters. The zero-order valence-corrected chi connectivity index (χ0v) is 11.4. The van der Waals surface area contributed by atoms with Crippen LogP contribution in [0.15, 0.2) is 24.3 Å². The van der Waals surface area contributed by atoms with Gasteiger partial charge in [-0.2, -0.15) is 0 Å². The van der Waals surface area contributed by atoms with Crippen LogP contribution >= 0.6 is 0 Å². The first-order valence-electron chi connectivity index (χ1n) is 6.02. The summed E-state index contributed by atoms with van der Waals surface area (Å²) >= 11 is 0. The highest BCUT2D eigenvalue weighted by molar-refractivity contribution is 7.90. The van der Waals surface area contributed by atoms with E-state index in [0.717, 1.165) is 18.5 Å². The number of hydrogen-bond acceptors (Lipinski definition) is 3. The van der Waals surface area contributed by atoms with E-state index in [9.17, 15) is 8.42 Å². The Bertz CT molecular complexity index is 440. The number of nitrogens with one attached hydrogen (secondary N) is 1. The van der Waals surface area contributed by atoms with Crippen LogP contribution in [0.5, 0.6) is 0 Å². The molecular weight excluding hydrogens is 234 g/mol. The Kier molecular flexibility index (Phi) is 5.48.